The van der Waals surface area contributed by atoms with Crippen molar-refractivity contribution >= 4 is 17.7 Å². The lowest BCUT2D eigenvalue weighted by atomic mass is 10.2. The number of thioether (sulfide) groups is 1. The summed E-state index contributed by atoms with van der Waals surface area (Å²) in [4.78, 5) is 11.6. The third kappa shape index (κ3) is 6.15. The van der Waals surface area contributed by atoms with Gasteiger partial charge in [0.1, 0.15) is 12.4 Å². The molecule has 0 fully saturated rings. The molecule has 1 atom stereocenters. The van der Waals surface area contributed by atoms with E-state index in [4.69, 9.17) is 10.5 Å². The third-order valence-corrected chi connectivity index (χ3v) is 3.47. The molecule has 0 aliphatic heterocycles. The Morgan fingerprint density at radius 2 is 2.09 bits per heavy atom. The summed E-state index contributed by atoms with van der Waals surface area (Å²) in [7, 11) is 0. The van der Waals surface area contributed by atoms with Gasteiger partial charge in [0.2, 0.25) is 5.91 Å². The molecule has 0 unspecified atom stereocenters. The van der Waals surface area contributed by atoms with Gasteiger partial charge in [-0.2, -0.15) is 24.9 Å². The monoisotopic (exact) mass is 336 g/mol. The number of nitrogens with one attached hydrogen (secondary N) is 1. The van der Waals surface area contributed by atoms with Crippen LogP contribution < -0.4 is 15.8 Å². The fourth-order valence-electron chi connectivity index (χ4n) is 1.67. The number of rotatable bonds is 8. The number of hydrogen-bond donors (Lipinski definition) is 2. The predicted octanol–water partition coefficient (Wildman–Crippen LogP) is 2.28. The number of nitrogens with two attached hydrogens (primary N) is 1. The van der Waals surface area contributed by atoms with Crippen molar-refractivity contribution in [2.75, 3.05) is 25.2 Å². The van der Waals surface area contributed by atoms with Crippen molar-refractivity contribution in [3.63, 3.8) is 0 Å². The molecule has 1 rings (SSSR count). The number of amides is 1. The second kappa shape index (κ2) is 8.89. The highest BCUT2D eigenvalue weighted by molar-refractivity contribution is 7.98. The van der Waals surface area contributed by atoms with Crippen LogP contribution in [0.4, 0.5) is 13.2 Å². The van der Waals surface area contributed by atoms with Crippen LogP contribution in [0, 0.1) is 0 Å². The minimum absolute atomic E-state index is 0.0614. The number of ether oxygens (including phenoxy) is 1. The van der Waals surface area contributed by atoms with Crippen LogP contribution in [-0.4, -0.2) is 37.1 Å². The third-order valence-electron chi connectivity index (χ3n) is 2.82. The van der Waals surface area contributed by atoms with Crippen LogP contribution in [0.3, 0.4) is 0 Å². The van der Waals surface area contributed by atoms with Crippen molar-refractivity contribution in [3.05, 3.63) is 29.8 Å². The number of para-hydroxylation sites is 1. The molecule has 3 N–H and O–H groups in total. The lowest BCUT2D eigenvalue weighted by Crippen LogP contribution is -2.42. The molecule has 1 aromatic carbocycles. The molecule has 4 nitrogen and oxygen atoms in total. The van der Waals surface area contributed by atoms with Gasteiger partial charge < -0.3 is 15.8 Å². The average molecular weight is 336 g/mol. The SMILES string of the molecule is CSCC[C@H](N)C(=O)NCCOc1ccccc1C(F)(F)F. The van der Waals surface area contributed by atoms with E-state index in [1.54, 1.807) is 11.8 Å². The molecule has 0 saturated heterocycles. The van der Waals surface area contributed by atoms with Gasteiger partial charge >= 0.3 is 6.18 Å². The van der Waals surface area contributed by atoms with Crippen LogP contribution in [0.1, 0.15) is 12.0 Å². The van der Waals surface area contributed by atoms with Crippen LogP contribution in [-0.2, 0) is 11.0 Å². The summed E-state index contributed by atoms with van der Waals surface area (Å²) < 4.78 is 43.3. The first-order valence-corrected chi connectivity index (χ1v) is 8.07. The minimum atomic E-state index is -4.47. The zero-order chi connectivity index (χ0) is 16.6. The van der Waals surface area contributed by atoms with E-state index in [1.165, 1.54) is 18.2 Å². The van der Waals surface area contributed by atoms with E-state index >= 15 is 0 Å². The Morgan fingerprint density at radius 3 is 2.73 bits per heavy atom. The minimum Gasteiger partial charge on any atom is -0.491 e. The van der Waals surface area contributed by atoms with Gasteiger partial charge in [-0.25, -0.2) is 0 Å². The van der Waals surface area contributed by atoms with E-state index in [9.17, 15) is 18.0 Å². The first-order chi connectivity index (χ1) is 10.4. The van der Waals surface area contributed by atoms with Crippen molar-refractivity contribution in [1.29, 1.82) is 0 Å². The topological polar surface area (TPSA) is 64.4 Å². The summed E-state index contributed by atoms with van der Waals surface area (Å²) in [6, 6.07) is 4.33. The molecular formula is C14H19F3N2O2S. The predicted molar refractivity (Wildman–Crippen MR) is 80.9 cm³/mol. The summed E-state index contributed by atoms with van der Waals surface area (Å²) in [5, 5.41) is 2.54. The van der Waals surface area contributed by atoms with E-state index in [0.717, 1.165) is 11.8 Å². The second-order valence-electron chi connectivity index (χ2n) is 4.52. The van der Waals surface area contributed by atoms with E-state index in [1.807, 2.05) is 6.26 Å². The van der Waals surface area contributed by atoms with Crippen molar-refractivity contribution in [2.45, 2.75) is 18.6 Å². The second-order valence-corrected chi connectivity index (χ2v) is 5.51. The first-order valence-electron chi connectivity index (χ1n) is 6.67. The fraction of sp³-hybridized carbons (Fsp3) is 0.500. The molecule has 0 saturated carbocycles. The molecule has 0 aliphatic carbocycles. The molecule has 0 heterocycles. The van der Waals surface area contributed by atoms with E-state index in [0.29, 0.717) is 6.42 Å². The van der Waals surface area contributed by atoms with Crippen molar-refractivity contribution in [3.8, 4) is 5.75 Å². The Labute approximate surface area is 131 Å². The van der Waals surface area contributed by atoms with Crippen LogP contribution in [0.15, 0.2) is 24.3 Å². The van der Waals surface area contributed by atoms with Gasteiger partial charge in [-0.05, 0) is 30.6 Å². The number of alkyl halides is 3. The molecule has 0 aromatic heterocycles. The van der Waals surface area contributed by atoms with Gasteiger partial charge in [0.05, 0.1) is 18.2 Å². The van der Waals surface area contributed by atoms with Crippen molar-refractivity contribution < 1.29 is 22.7 Å². The molecule has 0 spiro atoms. The molecular weight excluding hydrogens is 317 g/mol. The average Bonchev–Trinajstić information content (AvgIpc) is 2.48. The summed E-state index contributed by atoms with van der Waals surface area (Å²) in [6.45, 7) is 0.0338. The van der Waals surface area contributed by atoms with Gasteiger partial charge in [-0.1, -0.05) is 12.1 Å². The van der Waals surface area contributed by atoms with Crippen molar-refractivity contribution in [1.82, 2.24) is 5.32 Å². The van der Waals surface area contributed by atoms with E-state index in [2.05, 4.69) is 5.32 Å². The highest BCUT2D eigenvalue weighted by Gasteiger charge is 2.33. The van der Waals surface area contributed by atoms with Gasteiger partial charge in [0.25, 0.3) is 0 Å². The summed E-state index contributed by atoms with van der Waals surface area (Å²) in [5.74, 6) is 0.182. The lowest BCUT2D eigenvalue weighted by Gasteiger charge is -2.15. The molecule has 1 amide bonds. The number of halogens is 3. The molecule has 0 aliphatic rings. The molecule has 0 radical (unpaired) electrons. The van der Waals surface area contributed by atoms with Gasteiger partial charge in [0, 0.05) is 0 Å². The first kappa shape index (κ1) is 18.6. The van der Waals surface area contributed by atoms with Crippen molar-refractivity contribution in [2.24, 2.45) is 5.73 Å². The molecule has 0 bridgehead atoms. The quantitative estimate of drug-likeness (QED) is 0.715. The zero-order valence-electron chi connectivity index (χ0n) is 12.2. The number of benzene rings is 1. The van der Waals surface area contributed by atoms with Crippen LogP contribution >= 0.6 is 11.8 Å². The Bertz CT molecular complexity index is 483. The number of carbonyl (C=O) groups excluding carboxylic acids is 1. The van der Waals surface area contributed by atoms with Gasteiger partial charge in [0.15, 0.2) is 0 Å². The van der Waals surface area contributed by atoms with Gasteiger partial charge in [-0.3, -0.25) is 4.79 Å². The number of carbonyl (C=O) groups is 1. The maximum atomic E-state index is 12.7. The lowest BCUT2D eigenvalue weighted by molar-refractivity contribution is -0.139. The molecule has 1 aromatic rings. The summed E-state index contributed by atoms with van der Waals surface area (Å²) >= 11 is 1.59. The number of hydrogen-bond acceptors (Lipinski definition) is 4. The Kier molecular flexibility index (Phi) is 7.53. The Hall–Kier alpha value is -1.41. The smallest absolute Gasteiger partial charge is 0.419 e. The maximum absolute atomic E-state index is 12.7. The Balaban J connectivity index is 2.41. The summed E-state index contributed by atoms with van der Waals surface area (Å²) in [6.07, 6.45) is -2.01. The van der Waals surface area contributed by atoms with Crippen LogP contribution in [0.2, 0.25) is 0 Å². The zero-order valence-corrected chi connectivity index (χ0v) is 13.0. The fourth-order valence-corrected chi connectivity index (χ4v) is 2.16. The molecule has 22 heavy (non-hydrogen) atoms. The maximum Gasteiger partial charge on any atom is 0.419 e. The van der Waals surface area contributed by atoms with Crippen LogP contribution in [0.5, 0.6) is 5.75 Å². The highest BCUT2D eigenvalue weighted by Crippen LogP contribution is 2.35. The van der Waals surface area contributed by atoms with E-state index < -0.39 is 17.8 Å². The standard InChI is InChI=1S/C14H19F3N2O2S/c1-22-9-6-11(18)13(20)19-7-8-21-12-5-3-2-4-10(12)14(15,16)17/h2-5,11H,6-9,18H2,1H3,(H,19,20)/t11-/m0/s1. The highest BCUT2D eigenvalue weighted by atomic mass is 32.2. The van der Waals surface area contributed by atoms with E-state index in [-0.39, 0.29) is 24.8 Å². The Morgan fingerprint density at radius 1 is 1.41 bits per heavy atom. The molecule has 8 heteroatoms. The van der Waals surface area contributed by atoms with Gasteiger partial charge in [-0.15, -0.1) is 0 Å². The largest absolute Gasteiger partial charge is 0.491 e. The van der Waals surface area contributed by atoms with Crippen LogP contribution in [0.25, 0.3) is 0 Å². The molecule has 124 valence electrons. The summed E-state index contributed by atoms with van der Waals surface area (Å²) in [5.41, 5.74) is 4.83. The normalized spacial score (nSPS) is 12.8.